The Morgan fingerprint density at radius 3 is 2.26 bits per heavy atom. The Bertz CT molecular complexity index is 369. The van der Waals surface area contributed by atoms with Gasteiger partial charge in [-0.1, -0.05) is 29.8 Å². The van der Waals surface area contributed by atoms with Gasteiger partial charge in [0.25, 0.3) is 0 Å². The van der Waals surface area contributed by atoms with Gasteiger partial charge in [0.1, 0.15) is 0 Å². The largest absolute Gasteiger partial charge is 0.351 e. The molecule has 0 fully saturated rings. The number of ether oxygens (including phenoxy) is 2. The first-order valence-electron chi connectivity index (χ1n) is 6.71. The predicted octanol–water partition coefficient (Wildman–Crippen LogP) is 2.05. The van der Waals surface area contributed by atoms with Crippen molar-refractivity contribution >= 4 is 5.91 Å². The summed E-state index contributed by atoms with van der Waals surface area (Å²) in [4.78, 5) is 11.8. The molecule has 19 heavy (non-hydrogen) atoms. The highest BCUT2D eigenvalue weighted by Crippen LogP contribution is 2.03. The summed E-state index contributed by atoms with van der Waals surface area (Å²) in [6.07, 6.45) is 0.0163. The summed E-state index contributed by atoms with van der Waals surface area (Å²) in [5.74, 6) is -0.0201. The van der Waals surface area contributed by atoms with Gasteiger partial charge >= 0.3 is 0 Å². The molecule has 0 aliphatic carbocycles. The van der Waals surface area contributed by atoms with Crippen LogP contribution in [0.15, 0.2) is 24.3 Å². The van der Waals surface area contributed by atoms with E-state index in [0.29, 0.717) is 26.2 Å². The van der Waals surface area contributed by atoms with Crippen LogP contribution in [0, 0.1) is 6.92 Å². The summed E-state index contributed by atoms with van der Waals surface area (Å²) in [6, 6.07) is 7.95. The van der Waals surface area contributed by atoms with E-state index in [1.165, 1.54) is 5.56 Å². The number of rotatable bonds is 8. The maximum atomic E-state index is 11.8. The fraction of sp³-hybridized carbons (Fsp3) is 0.533. The zero-order chi connectivity index (χ0) is 14.1. The lowest BCUT2D eigenvalue weighted by atomic mass is 10.1. The van der Waals surface area contributed by atoms with Crippen molar-refractivity contribution in [3.63, 3.8) is 0 Å². The van der Waals surface area contributed by atoms with Gasteiger partial charge in [-0.15, -0.1) is 0 Å². The normalized spacial score (nSPS) is 10.7. The van der Waals surface area contributed by atoms with Gasteiger partial charge in [-0.3, -0.25) is 4.79 Å². The average Bonchev–Trinajstić information content (AvgIpc) is 2.39. The Morgan fingerprint density at radius 1 is 1.16 bits per heavy atom. The van der Waals surface area contributed by atoms with Crippen LogP contribution in [0.25, 0.3) is 0 Å². The topological polar surface area (TPSA) is 47.6 Å². The van der Waals surface area contributed by atoms with Crippen LogP contribution in [-0.2, 0) is 20.7 Å². The quantitative estimate of drug-likeness (QED) is 0.732. The van der Waals surface area contributed by atoms with Crippen molar-refractivity contribution in [2.75, 3.05) is 19.8 Å². The molecular formula is C15H23NO3. The Kier molecular flexibility index (Phi) is 7.15. The minimum absolute atomic E-state index is 0.0201. The third kappa shape index (κ3) is 6.36. The van der Waals surface area contributed by atoms with E-state index in [2.05, 4.69) is 5.32 Å². The second-order valence-electron chi connectivity index (χ2n) is 4.31. The van der Waals surface area contributed by atoms with E-state index in [1.54, 1.807) is 0 Å². The maximum absolute atomic E-state index is 11.8. The van der Waals surface area contributed by atoms with Crippen LogP contribution in [0.3, 0.4) is 0 Å². The number of hydrogen-bond donors (Lipinski definition) is 1. The van der Waals surface area contributed by atoms with Crippen molar-refractivity contribution in [1.29, 1.82) is 0 Å². The molecule has 0 saturated heterocycles. The number of carbonyl (C=O) groups excluding carboxylic acids is 1. The van der Waals surface area contributed by atoms with Crippen molar-refractivity contribution in [1.82, 2.24) is 5.32 Å². The molecule has 106 valence electrons. The number of nitrogens with one attached hydrogen (secondary N) is 1. The summed E-state index contributed by atoms with van der Waals surface area (Å²) in [7, 11) is 0. The zero-order valence-electron chi connectivity index (χ0n) is 11.9. The van der Waals surface area contributed by atoms with Crippen LogP contribution >= 0.6 is 0 Å². The lowest BCUT2D eigenvalue weighted by molar-refractivity contribution is -0.140. The molecule has 4 heteroatoms. The molecule has 1 aromatic carbocycles. The third-order valence-electron chi connectivity index (χ3n) is 2.66. The Hall–Kier alpha value is -1.39. The Morgan fingerprint density at radius 2 is 1.74 bits per heavy atom. The van der Waals surface area contributed by atoms with Gasteiger partial charge in [-0.05, 0) is 26.3 Å². The first-order valence-corrected chi connectivity index (χ1v) is 6.71. The molecule has 0 heterocycles. The molecule has 0 atom stereocenters. The third-order valence-corrected chi connectivity index (χ3v) is 2.66. The maximum Gasteiger partial charge on any atom is 0.224 e. The first-order chi connectivity index (χ1) is 9.15. The monoisotopic (exact) mass is 265 g/mol. The summed E-state index contributed by atoms with van der Waals surface area (Å²) < 4.78 is 10.7. The fourth-order valence-electron chi connectivity index (χ4n) is 1.69. The van der Waals surface area contributed by atoms with Crippen molar-refractivity contribution in [3.05, 3.63) is 35.4 Å². The van der Waals surface area contributed by atoms with Crippen LogP contribution in [0.2, 0.25) is 0 Å². The van der Waals surface area contributed by atoms with E-state index in [-0.39, 0.29) is 12.2 Å². The highest BCUT2D eigenvalue weighted by Gasteiger charge is 2.10. The van der Waals surface area contributed by atoms with Gasteiger partial charge in [0.05, 0.1) is 13.0 Å². The van der Waals surface area contributed by atoms with Crippen LogP contribution < -0.4 is 5.32 Å². The molecule has 1 rings (SSSR count). The van der Waals surface area contributed by atoms with Crippen LogP contribution in [0.4, 0.5) is 0 Å². The van der Waals surface area contributed by atoms with E-state index in [4.69, 9.17) is 9.47 Å². The van der Waals surface area contributed by atoms with E-state index < -0.39 is 0 Å². The molecule has 0 unspecified atom stereocenters. The SMILES string of the molecule is CCOC(CNC(=O)Cc1ccc(C)cc1)OCC. The molecule has 1 N–H and O–H groups in total. The van der Waals surface area contributed by atoms with Gasteiger partial charge in [0, 0.05) is 13.2 Å². The van der Waals surface area contributed by atoms with Crippen LogP contribution in [0.1, 0.15) is 25.0 Å². The summed E-state index contributed by atoms with van der Waals surface area (Å²) in [5.41, 5.74) is 2.20. The van der Waals surface area contributed by atoms with Crippen molar-refractivity contribution in [2.45, 2.75) is 33.5 Å². The zero-order valence-corrected chi connectivity index (χ0v) is 11.9. The van der Waals surface area contributed by atoms with Gasteiger partial charge in [-0.2, -0.15) is 0 Å². The average molecular weight is 265 g/mol. The fourth-order valence-corrected chi connectivity index (χ4v) is 1.69. The molecule has 0 aliphatic rings. The molecule has 4 nitrogen and oxygen atoms in total. The van der Waals surface area contributed by atoms with Crippen molar-refractivity contribution in [3.8, 4) is 0 Å². The van der Waals surface area contributed by atoms with E-state index >= 15 is 0 Å². The van der Waals surface area contributed by atoms with E-state index in [0.717, 1.165) is 5.56 Å². The predicted molar refractivity (Wildman–Crippen MR) is 74.9 cm³/mol. The lowest BCUT2D eigenvalue weighted by Crippen LogP contribution is -2.36. The van der Waals surface area contributed by atoms with Crippen molar-refractivity contribution in [2.24, 2.45) is 0 Å². The summed E-state index contributed by atoms with van der Waals surface area (Å²) >= 11 is 0. The van der Waals surface area contributed by atoms with Crippen molar-refractivity contribution < 1.29 is 14.3 Å². The van der Waals surface area contributed by atoms with Crippen LogP contribution in [0.5, 0.6) is 0 Å². The van der Waals surface area contributed by atoms with Gasteiger partial charge in [0.2, 0.25) is 5.91 Å². The minimum Gasteiger partial charge on any atom is -0.351 e. The second kappa shape index (κ2) is 8.67. The lowest BCUT2D eigenvalue weighted by Gasteiger charge is -2.17. The standard InChI is InChI=1S/C15H23NO3/c1-4-18-15(19-5-2)11-16-14(17)10-13-8-6-12(3)7-9-13/h6-9,15H,4-5,10-11H2,1-3H3,(H,16,17). The smallest absolute Gasteiger partial charge is 0.224 e. The number of amides is 1. The number of aryl methyl sites for hydroxylation is 1. The Labute approximate surface area is 115 Å². The molecule has 0 bridgehead atoms. The molecule has 1 aromatic rings. The molecule has 0 spiro atoms. The van der Waals surface area contributed by atoms with Gasteiger partial charge in [0.15, 0.2) is 6.29 Å². The first kappa shape index (κ1) is 15.7. The van der Waals surface area contributed by atoms with Gasteiger partial charge in [-0.25, -0.2) is 0 Å². The number of benzene rings is 1. The molecule has 0 aromatic heterocycles. The van der Waals surface area contributed by atoms with E-state index in [1.807, 2.05) is 45.0 Å². The number of hydrogen-bond acceptors (Lipinski definition) is 3. The van der Waals surface area contributed by atoms with Gasteiger partial charge < -0.3 is 14.8 Å². The minimum atomic E-state index is -0.364. The summed E-state index contributed by atoms with van der Waals surface area (Å²) in [5, 5.41) is 2.83. The van der Waals surface area contributed by atoms with E-state index in [9.17, 15) is 4.79 Å². The molecule has 0 aliphatic heterocycles. The summed E-state index contributed by atoms with van der Waals surface area (Å²) in [6.45, 7) is 7.35. The highest BCUT2D eigenvalue weighted by molar-refractivity contribution is 5.78. The molecule has 1 amide bonds. The molecule has 0 radical (unpaired) electrons. The molecule has 0 saturated carbocycles. The second-order valence-corrected chi connectivity index (χ2v) is 4.31. The number of carbonyl (C=O) groups is 1. The molecular weight excluding hydrogens is 242 g/mol. The van der Waals surface area contributed by atoms with Crippen LogP contribution in [-0.4, -0.2) is 32.0 Å². The Balaban J connectivity index is 2.35. The highest BCUT2D eigenvalue weighted by atomic mass is 16.7.